The number of ether oxygens (including phenoxy) is 2. The van der Waals surface area contributed by atoms with E-state index in [2.05, 4.69) is 5.32 Å². The van der Waals surface area contributed by atoms with Crippen LogP contribution in [0.4, 0.5) is 0 Å². The maximum Gasteiger partial charge on any atom is 0.307 e. The van der Waals surface area contributed by atoms with E-state index in [0.29, 0.717) is 18.8 Å². The van der Waals surface area contributed by atoms with Gasteiger partial charge in [0.05, 0.1) is 25.7 Å². The Balaban J connectivity index is 2.39. The molecule has 5 heteroatoms. The van der Waals surface area contributed by atoms with Crippen LogP contribution in [-0.2, 0) is 20.9 Å². The van der Waals surface area contributed by atoms with Crippen molar-refractivity contribution in [2.45, 2.75) is 39.9 Å². The molecule has 0 radical (unpaired) electrons. The Labute approximate surface area is 125 Å². The number of benzene rings is 1. The van der Waals surface area contributed by atoms with Crippen molar-refractivity contribution in [1.29, 1.82) is 0 Å². The van der Waals surface area contributed by atoms with Crippen LogP contribution >= 0.6 is 0 Å². The molecule has 0 spiro atoms. The molecule has 0 atom stereocenters. The maximum atomic E-state index is 11.9. The largest absolute Gasteiger partial charge is 0.466 e. The first kappa shape index (κ1) is 17.2. The van der Waals surface area contributed by atoms with Crippen molar-refractivity contribution in [3.63, 3.8) is 0 Å². The lowest BCUT2D eigenvalue weighted by Crippen LogP contribution is -2.26. The minimum Gasteiger partial charge on any atom is -0.466 e. The number of hydrogen-bond acceptors (Lipinski definition) is 4. The van der Waals surface area contributed by atoms with Gasteiger partial charge in [-0.3, -0.25) is 9.59 Å². The second-order valence-electron chi connectivity index (χ2n) is 4.87. The highest BCUT2D eigenvalue weighted by atomic mass is 16.5. The molecule has 5 nitrogen and oxygen atoms in total. The molecule has 21 heavy (non-hydrogen) atoms. The third-order valence-corrected chi connectivity index (χ3v) is 2.72. The van der Waals surface area contributed by atoms with Gasteiger partial charge in [-0.25, -0.2) is 0 Å². The summed E-state index contributed by atoms with van der Waals surface area (Å²) in [6, 6.07) is 7.22. The molecule has 1 aromatic rings. The molecular weight excluding hydrogens is 270 g/mol. The highest BCUT2D eigenvalue weighted by Gasteiger charge is 2.07. The molecule has 1 rings (SSSR count). The summed E-state index contributed by atoms with van der Waals surface area (Å²) >= 11 is 0. The highest BCUT2D eigenvalue weighted by Crippen LogP contribution is 2.07. The number of carbonyl (C=O) groups excluding carboxylic acids is 2. The summed E-state index contributed by atoms with van der Waals surface area (Å²) in [6.07, 6.45) is 0.357. The normalized spacial score (nSPS) is 10.5. The lowest BCUT2D eigenvalue weighted by Gasteiger charge is -2.08. The van der Waals surface area contributed by atoms with E-state index < -0.39 is 0 Å². The van der Waals surface area contributed by atoms with Gasteiger partial charge in [-0.2, -0.15) is 0 Å². The first-order valence-electron chi connectivity index (χ1n) is 7.17. The van der Waals surface area contributed by atoms with E-state index in [4.69, 9.17) is 9.47 Å². The molecule has 1 aromatic carbocycles. The molecule has 0 aliphatic heterocycles. The van der Waals surface area contributed by atoms with Gasteiger partial charge in [-0.15, -0.1) is 0 Å². The Bertz CT molecular complexity index is 454. The summed E-state index contributed by atoms with van der Waals surface area (Å²) in [5, 5.41) is 2.69. The molecule has 0 aliphatic carbocycles. The molecule has 0 saturated heterocycles. The van der Waals surface area contributed by atoms with Crippen LogP contribution < -0.4 is 5.32 Å². The molecule has 0 aromatic heterocycles. The van der Waals surface area contributed by atoms with Crippen LogP contribution in [0.3, 0.4) is 0 Å². The lowest BCUT2D eigenvalue weighted by atomic mass is 10.1. The Morgan fingerprint density at radius 1 is 1.19 bits per heavy atom. The zero-order chi connectivity index (χ0) is 15.7. The number of amides is 1. The van der Waals surface area contributed by atoms with Gasteiger partial charge in [0.15, 0.2) is 0 Å². The van der Waals surface area contributed by atoms with E-state index in [9.17, 15) is 9.59 Å². The Morgan fingerprint density at radius 3 is 2.43 bits per heavy atom. The molecule has 0 unspecified atom stereocenters. The third-order valence-electron chi connectivity index (χ3n) is 2.72. The monoisotopic (exact) mass is 293 g/mol. The smallest absolute Gasteiger partial charge is 0.307 e. The molecule has 116 valence electrons. The number of rotatable bonds is 8. The van der Waals surface area contributed by atoms with E-state index in [1.54, 1.807) is 19.1 Å². The van der Waals surface area contributed by atoms with Crippen molar-refractivity contribution < 1.29 is 19.1 Å². The van der Waals surface area contributed by atoms with Crippen molar-refractivity contribution in [3.05, 3.63) is 35.4 Å². The van der Waals surface area contributed by atoms with Gasteiger partial charge < -0.3 is 14.8 Å². The van der Waals surface area contributed by atoms with E-state index in [1.807, 2.05) is 26.0 Å². The van der Waals surface area contributed by atoms with E-state index in [0.717, 1.165) is 5.56 Å². The number of nitrogens with one attached hydrogen (secondary N) is 1. The molecule has 0 heterocycles. The average molecular weight is 293 g/mol. The minimum atomic E-state index is -0.306. The van der Waals surface area contributed by atoms with Gasteiger partial charge in [0, 0.05) is 12.1 Å². The summed E-state index contributed by atoms with van der Waals surface area (Å²) in [4.78, 5) is 23.0. The zero-order valence-corrected chi connectivity index (χ0v) is 12.8. The molecule has 0 bridgehead atoms. The quantitative estimate of drug-likeness (QED) is 0.747. The molecule has 0 aliphatic rings. The molecule has 1 N–H and O–H groups in total. The fraction of sp³-hybridized carbons (Fsp3) is 0.500. The van der Waals surface area contributed by atoms with Crippen molar-refractivity contribution in [2.24, 2.45) is 0 Å². The van der Waals surface area contributed by atoms with Gasteiger partial charge in [0.1, 0.15) is 0 Å². The first-order valence-corrected chi connectivity index (χ1v) is 7.17. The van der Waals surface area contributed by atoms with Crippen LogP contribution in [0, 0.1) is 0 Å². The van der Waals surface area contributed by atoms with E-state index in [1.165, 1.54) is 0 Å². The Morgan fingerprint density at radius 2 is 1.86 bits per heavy atom. The van der Waals surface area contributed by atoms with Crippen LogP contribution in [0.2, 0.25) is 0 Å². The predicted molar refractivity (Wildman–Crippen MR) is 80.0 cm³/mol. The number of esters is 1. The standard InChI is InChI=1S/C16H23NO4/c1-4-20-15(18)9-10-17-16(19)14-7-5-13(6-8-14)11-21-12(2)3/h5-8,12H,4,9-11H2,1-3H3,(H,17,19). The summed E-state index contributed by atoms with van der Waals surface area (Å²) in [6.45, 7) is 6.86. The average Bonchev–Trinajstić information content (AvgIpc) is 2.45. The maximum absolute atomic E-state index is 11.9. The van der Waals surface area contributed by atoms with Crippen LogP contribution in [0.15, 0.2) is 24.3 Å². The SMILES string of the molecule is CCOC(=O)CCNC(=O)c1ccc(COC(C)C)cc1. The Kier molecular flexibility index (Phi) is 7.46. The van der Waals surface area contributed by atoms with Crippen LogP contribution in [0.5, 0.6) is 0 Å². The summed E-state index contributed by atoms with van der Waals surface area (Å²) in [5.41, 5.74) is 1.58. The minimum absolute atomic E-state index is 0.177. The van der Waals surface area contributed by atoms with Crippen LogP contribution in [0.25, 0.3) is 0 Å². The molecular formula is C16H23NO4. The highest BCUT2D eigenvalue weighted by molar-refractivity contribution is 5.94. The molecule has 0 saturated carbocycles. The Hall–Kier alpha value is -1.88. The van der Waals surface area contributed by atoms with Crippen molar-refractivity contribution in [3.8, 4) is 0 Å². The predicted octanol–water partition coefficient (Wildman–Crippen LogP) is 2.29. The number of hydrogen-bond donors (Lipinski definition) is 1. The number of carbonyl (C=O) groups is 2. The zero-order valence-electron chi connectivity index (χ0n) is 12.8. The fourth-order valence-corrected chi connectivity index (χ4v) is 1.63. The van der Waals surface area contributed by atoms with Gasteiger partial charge in [-0.05, 0) is 38.5 Å². The van der Waals surface area contributed by atoms with Gasteiger partial charge in [0.2, 0.25) is 0 Å². The van der Waals surface area contributed by atoms with Crippen LogP contribution in [0.1, 0.15) is 43.1 Å². The van der Waals surface area contributed by atoms with E-state index in [-0.39, 0.29) is 30.9 Å². The third kappa shape index (κ3) is 6.90. The van der Waals surface area contributed by atoms with E-state index >= 15 is 0 Å². The molecule has 0 fully saturated rings. The van der Waals surface area contributed by atoms with Crippen molar-refractivity contribution in [2.75, 3.05) is 13.2 Å². The summed E-state index contributed by atoms with van der Waals surface area (Å²) in [7, 11) is 0. The van der Waals surface area contributed by atoms with Crippen LogP contribution in [-0.4, -0.2) is 31.1 Å². The summed E-state index contributed by atoms with van der Waals surface area (Å²) in [5.74, 6) is -0.505. The first-order chi connectivity index (χ1) is 10.0. The fourth-order valence-electron chi connectivity index (χ4n) is 1.63. The molecule has 1 amide bonds. The second kappa shape index (κ2) is 9.13. The second-order valence-corrected chi connectivity index (χ2v) is 4.87. The summed E-state index contributed by atoms with van der Waals surface area (Å²) < 4.78 is 10.3. The van der Waals surface area contributed by atoms with Gasteiger partial charge in [-0.1, -0.05) is 12.1 Å². The van der Waals surface area contributed by atoms with Crippen molar-refractivity contribution >= 4 is 11.9 Å². The van der Waals surface area contributed by atoms with Gasteiger partial charge in [0.25, 0.3) is 5.91 Å². The van der Waals surface area contributed by atoms with Crippen molar-refractivity contribution in [1.82, 2.24) is 5.32 Å². The van der Waals surface area contributed by atoms with Gasteiger partial charge >= 0.3 is 5.97 Å². The lowest BCUT2D eigenvalue weighted by molar-refractivity contribution is -0.142. The topological polar surface area (TPSA) is 64.6 Å².